The van der Waals surface area contributed by atoms with Crippen molar-refractivity contribution in [1.29, 1.82) is 0 Å². The minimum absolute atomic E-state index is 0.117. The van der Waals surface area contributed by atoms with Crippen LogP contribution in [-0.2, 0) is 9.59 Å². The number of carbonyl (C=O) groups excluding carboxylic acids is 2. The summed E-state index contributed by atoms with van der Waals surface area (Å²) in [6.45, 7) is 2.43. The number of hydrogen-bond acceptors (Lipinski definition) is 6. The molecule has 3 aliphatic rings. The lowest BCUT2D eigenvalue weighted by Crippen LogP contribution is -2.46. The first-order valence-corrected chi connectivity index (χ1v) is 11.9. The van der Waals surface area contributed by atoms with E-state index in [0.29, 0.717) is 54.8 Å². The molecular formula is C24H22Cl2N4O4. The van der Waals surface area contributed by atoms with E-state index in [1.165, 1.54) is 6.07 Å². The Morgan fingerprint density at radius 1 is 0.794 bits per heavy atom. The highest BCUT2D eigenvalue weighted by atomic mass is 35.5. The summed E-state index contributed by atoms with van der Waals surface area (Å²) in [6.07, 6.45) is 4.88. The standard InChI is InChI=1S/C24H22Cl2N4O4/c25-19-7-5-15(13-20(19)26)27-9-11-28(12-10-27)21-8-6-16(14-22(21)30(33)34)29-23(31)17-3-1-2-4-18(17)24(29)32/h1-2,5-8,13-14,17-18H,3-4,9-12H2/t17-,18-/m0/s1. The molecule has 10 heteroatoms. The van der Waals surface area contributed by atoms with Crippen molar-refractivity contribution in [2.45, 2.75) is 12.8 Å². The Morgan fingerprint density at radius 2 is 1.38 bits per heavy atom. The average molecular weight is 501 g/mol. The monoisotopic (exact) mass is 500 g/mol. The second-order valence-electron chi connectivity index (χ2n) is 8.67. The third-order valence-corrected chi connectivity index (χ3v) is 7.55. The van der Waals surface area contributed by atoms with E-state index in [9.17, 15) is 19.7 Å². The number of fused-ring (bicyclic) bond motifs is 1. The fourth-order valence-corrected chi connectivity index (χ4v) is 5.30. The first kappa shape index (κ1) is 22.7. The van der Waals surface area contributed by atoms with E-state index in [2.05, 4.69) is 4.90 Å². The predicted octanol–water partition coefficient (Wildman–Crippen LogP) is 4.68. The largest absolute Gasteiger partial charge is 0.368 e. The summed E-state index contributed by atoms with van der Waals surface area (Å²) in [7, 11) is 0. The molecule has 2 atom stereocenters. The molecule has 0 bridgehead atoms. The number of benzene rings is 2. The van der Waals surface area contributed by atoms with Crippen LogP contribution in [0.5, 0.6) is 0 Å². The first-order valence-electron chi connectivity index (χ1n) is 11.1. The summed E-state index contributed by atoms with van der Waals surface area (Å²) < 4.78 is 0. The summed E-state index contributed by atoms with van der Waals surface area (Å²) >= 11 is 12.2. The quantitative estimate of drug-likeness (QED) is 0.262. The predicted molar refractivity (Wildman–Crippen MR) is 132 cm³/mol. The minimum atomic E-state index is -0.455. The van der Waals surface area contributed by atoms with Crippen molar-refractivity contribution in [1.82, 2.24) is 0 Å². The van der Waals surface area contributed by atoms with Gasteiger partial charge in [-0.1, -0.05) is 35.4 Å². The topological polar surface area (TPSA) is 87.0 Å². The Kier molecular flexibility index (Phi) is 5.95. The maximum absolute atomic E-state index is 12.9. The van der Waals surface area contributed by atoms with Gasteiger partial charge in [0.2, 0.25) is 11.8 Å². The van der Waals surface area contributed by atoms with Gasteiger partial charge in [0, 0.05) is 37.9 Å². The molecular weight excluding hydrogens is 479 g/mol. The van der Waals surface area contributed by atoms with Crippen molar-refractivity contribution in [3.8, 4) is 0 Å². The molecule has 0 aromatic heterocycles. The van der Waals surface area contributed by atoms with Crippen LogP contribution in [-0.4, -0.2) is 42.9 Å². The van der Waals surface area contributed by atoms with E-state index < -0.39 is 4.92 Å². The average Bonchev–Trinajstić information content (AvgIpc) is 3.10. The molecule has 5 rings (SSSR count). The molecule has 2 amide bonds. The van der Waals surface area contributed by atoms with Gasteiger partial charge < -0.3 is 9.80 Å². The van der Waals surface area contributed by atoms with Crippen molar-refractivity contribution in [2.75, 3.05) is 40.9 Å². The zero-order valence-electron chi connectivity index (χ0n) is 18.2. The zero-order valence-corrected chi connectivity index (χ0v) is 19.7. The Labute approximate surface area is 206 Å². The number of anilines is 3. The lowest BCUT2D eigenvalue weighted by molar-refractivity contribution is -0.384. The van der Waals surface area contributed by atoms with Gasteiger partial charge in [-0.05, 0) is 43.2 Å². The molecule has 0 spiro atoms. The molecule has 2 aromatic carbocycles. The molecule has 176 valence electrons. The van der Waals surface area contributed by atoms with Gasteiger partial charge in [0.1, 0.15) is 5.69 Å². The Hall–Kier alpha value is -3.10. The molecule has 0 N–H and O–H groups in total. The van der Waals surface area contributed by atoms with E-state index >= 15 is 0 Å². The van der Waals surface area contributed by atoms with Gasteiger partial charge in [0.15, 0.2) is 0 Å². The third kappa shape index (κ3) is 3.91. The number of rotatable bonds is 4. The fourth-order valence-electron chi connectivity index (χ4n) is 5.01. The molecule has 0 saturated carbocycles. The molecule has 0 unspecified atom stereocenters. The fraction of sp³-hybridized carbons (Fsp3) is 0.333. The molecule has 34 heavy (non-hydrogen) atoms. The van der Waals surface area contributed by atoms with Crippen molar-refractivity contribution in [2.24, 2.45) is 11.8 Å². The van der Waals surface area contributed by atoms with Gasteiger partial charge in [-0.3, -0.25) is 19.7 Å². The third-order valence-electron chi connectivity index (χ3n) is 6.81. The van der Waals surface area contributed by atoms with Crippen molar-refractivity contribution in [3.63, 3.8) is 0 Å². The SMILES string of the molecule is O=C1[C@H]2CC=CC[C@@H]2C(=O)N1c1ccc(N2CCN(c3ccc(Cl)c(Cl)c3)CC2)c([N+](=O)[O-])c1. The van der Waals surface area contributed by atoms with Gasteiger partial charge in [-0.2, -0.15) is 0 Å². The highest BCUT2D eigenvalue weighted by Crippen LogP contribution is 2.40. The van der Waals surface area contributed by atoms with Crippen LogP contribution >= 0.6 is 23.2 Å². The van der Waals surface area contributed by atoms with Crippen LogP contribution in [0.15, 0.2) is 48.6 Å². The first-order chi connectivity index (χ1) is 16.3. The second kappa shape index (κ2) is 8.92. The van der Waals surface area contributed by atoms with Crippen LogP contribution in [0.4, 0.5) is 22.7 Å². The number of nitrogens with zero attached hydrogens (tertiary/aromatic N) is 4. The van der Waals surface area contributed by atoms with Gasteiger partial charge in [0.25, 0.3) is 5.69 Å². The van der Waals surface area contributed by atoms with Crippen LogP contribution in [0.3, 0.4) is 0 Å². The van der Waals surface area contributed by atoms with E-state index in [0.717, 1.165) is 10.6 Å². The van der Waals surface area contributed by atoms with Crippen LogP contribution < -0.4 is 14.7 Å². The zero-order chi connectivity index (χ0) is 24.0. The lowest BCUT2D eigenvalue weighted by atomic mass is 9.85. The Bertz CT molecular complexity index is 1180. The number of halogens is 2. The molecule has 2 heterocycles. The summed E-state index contributed by atoms with van der Waals surface area (Å²) in [5.41, 5.74) is 1.56. The molecule has 2 aromatic rings. The minimum Gasteiger partial charge on any atom is -0.368 e. The van der Waals surface area contributed by atoms with E-state index in [-0.39, 0.29) is 35.0 Å². The van der Waals surface area contributed by atoms with E-state index in [4.69, 9.17) is 23.2 Å². The molecule has 2 fully saturated rings. The number of hydrogen-bond donors (Lipinski definition) is 0. The van der Waals surface area contributed by atoms with Crippen LogP contribution in [0, 0.1) is 22.0 Å². The second-order valence-corrected chi connectivity index (χ2v) is 9.48. The molecule has 0 radical (unpaired) electrons. The number of nitro benzene ring substituents is 1. The van der Waals surface area contributed by atoms with Crippen molar-refractivity contribution in [3.05, 3.63) is 68.7 Å². The lowest BCUT2D eigenvalue weighted by Gasteiger charge is -2.37. The number of imide groups is 1. The van der Waals surface area contributed by atoms with E-state index in [1.54, 1.807) is 18.2 Å². The van der Waals surface area contributed by atoms with E-state index in [1.807, 2.05) is 29.2 Å². The highest BCUT2D eigenvalue weighted by Gasteiger charge is 2.48. The summed E-state index contributed by atoms with van der Waals surface area (Å²) in [4.78, 5) is 42.5. The summed E-state index contributed by atoms with van der Waals surface area (Å²) in [5, 5.41) is 12.9. The van der Waals surface area contributed by atoms with Gasteiger partial charge >= 0.3 is 0 Å². The van der Waals surface area contributed by atoms with Gasteiger partial charge in [0.05, 0.1) is 32.5 Å². The number of piperazine rings is 1. The molecule has 8 nitrogen and oxygen atoms in total. The molecule has 2 saturated heterocycles. The normalized spacial score (nSPS) is 22.4. The summed E-state index contributed by atoms with van der Waals surface area (Å²) in [5.74, 6) is -1.33. The number of amides is 2. The Balaban J connectivity index is 1.36. The maximum atomic E-state index is 12.9. The number of nitro groups is 1. The van der Waals surface area contributed by atoms with Gasteiger partial charge in [-0.15, -0.1) is 0 Å². The summed E-state index contributed by atoms with van der Waals surface area (Å²) in [6, 6.07) is 10.1. The highest BCUT2D eigenvalue weighted by molar-refractivity contribution is 6.42. The smallest absolute Gasteiger partial charge is 0.294 e. The van der Waals surface area contributed by atoms with Crippen LogP contribution in [0.25, 0.3) is 0 Å². The van der Waals surface area contributed by atoms with Crippen molar-refractivity contribution < 1.29 is 14.5 Å². The Morgan fingerprint density at radius 3 is 1.97 bits per heavy atom. The maximum Gasteiger partial charge on any atom is 0.294 e. The molecule has 1 aliphatic carbocycles. The number of carbonyl (C=O) groups is 2. The van der Waals surface area contributed by atoms with Gasteiger partial charge in [-0.25, -0.2) is 4.90 Å². The van der Waals surface area contributed by atoms with Crippen LogP contribution in [0.2, 0.25) is 10.0 Å². The van der Waals surface area contributed by atoms with Crippen LogP contribution in [0.1, 0.15) is 12.8 Å². The number of allylic oxidation sites excluding steroid dienone is 2. The molecule has 2 aliphatic heterocycles. The van der Waals surface area contributed by atoms with Crippen molar-refractivity contribution >= 4 is 57.8 Å².